The third-order valence-electron chi connectivity index (χ3n) is 5.76. The third kappa shape index (κ3) is 1.97. The van der Waals surface area contributed by atoms with Crippen molar-refractivity contribution < 1.29 is 14.3 Å². The minimum Gasteiger partial charge on any atom is -0.493 e. The zero-order valence-electron chi connectivity index (χ0n) is 13.3. The van der Waals surface area contributed by atoms with E-state index < -0.39 is 0 Å². The number of piperidine rings is 1. The Morgan fingerprint density at radius 3 is 2.68 bits per heavy atom. The van der Waals surface area contributed by atoms with Crippen molar-refractivity contribution >= 4 is 5.78 Å². The highest BCUT2D eigenvalue weighted by Crippen LogP contribution is 2.47. The summed E-state index contributed by atoms with van der Waals surface area (Å²) in [5.41, 5.74) is 2.57. The molecule has 0 N–H and O–H groups in total. The molecule has 1 aromatic carbocycles. The van der Waals surface area contributed by atoms with Gasteiger partial charge in [-0.3, -0.25) is 9.69 Å². The van der Waals surface area contributed by atoms with Gasteiger partial charge < -0.3 is 9.47 Å². The number of Topliss-reactive ketones (excluding diaryl/α,β-unsaturated/α-hetero) is 1. The van der Waals surface area contributed by atoms with Gasteiger partial charge in [0.05, 0.1) is 14.2 Å². The average Bonchev–Trinajstić information content (AvgIpc) is 3.04. The molecule has 0 radical (unpaired) electrons. The lowest BCUT2D eigenvalue weighted by Gasteiger charge is -2.46. The minimum absolute atomic E-state index is 0.232. The molecule has 1 aliphatic carbocycles. The zero-order chi connectivity index (χ0) is 15.3. The number of methoxy groups -OCH3 is 2. The summed E-state index contributed by atoms with van der Waals surface area (Å²) in [6, 6.07) is 4.88. The maximum Gasteiger partial charge on any atom is 0.161 e. The SMILES string of the molecule is COc1cc2c(cc1OC)C1CC(=O)C3CCCC3N1CC2. The van der Waals surface area contributed by atoms with Crippen molar-refractivity contribution in [1.29, 1.82) is 0 Å². The van der Waals surface area contributed by atoms with Gasteiger partial charge in [0.1, 0.15) is 5.78 Å². The molecule has 2 heterocycles. The summed E-state index contributed by atoms with van der Waals surface area (Å²) in [6.45, 7) is 1.06. The first-order chi connectivity index (χ1) is 10.7. The van der Waals surface area contributed by atoms with Gasteiger partial charge in [-0.15, -0.1) is 0 Å². The number of fused-ring (bicyclic) bond motifs is 5. The number of hydrogen-bond donors (Lipinski definition) is 0. The first-order valence-corrected chi connectivity index (χ1v) is 8.26. The van der Waals surface area contributed by atoms with Crippen LogP contribution in [0.1, 0.15) is 42.9 Å². The van der Waals surface area contributed by atoms with E-state index in [0.717, 1.165) is 30.9 Å². The monoisotopic (exact) mass is 301 g/mol. The molecule has 3 unspecified atom stereocenters. The summed E-state index contributed by atoms with van der Waals surface area (Å²) in [6.07, 6.45) is 5.15. The van der Waals surface area contributed by atoms with Crippen LogP contribution in [-0.2, 0) is 11.2 Å². The van der Waals surface area contributed by atoms with Crippen molar-refractivity contribution in [3.63, 3.8) is 0 Å². The van der Waals surface area contributed by atoms with E-state index in [1.165, 1.54) is 24.0 Å². The van der Waals surface area contributed by atoms with Crippen molar-refractivity contribution in [2.24, 2.45) is 5.92 Å². The van der Waals surface area contributed by atoms with Gasteiger partial charge in [-0.2, -0.15) is 0 Å². The second-order valence-corrected chi connectivity index (χ2v) is 6.68. The number of nitrogens with zero attached hydrogens (tertiary/aromatic N) is 1. The summed E-state index contributed by atoms with van der Waals surface area (Å²) < 4.78 is 10.9. The van der Waals surface area contributed by atoms with E-state index in [-0.39, 0.29) is 12.0 Å². The molecule has 22 heavy (non-hydrogen) atoms. The van der Waals surface area contributed by atoms with Crippen LogP contribution >= 0.6 is 0 Å². The Bertz CT molecular complexity index is 613. The van der Waals surface area contributed by atoms with Crippen molar-refractivity contribution in [2.45, 2.75) is 44.2 Å². The van der Waals surface area contributed by atoms with Crippen LogP contribution < -0.4 is 9.47 Å². The van der Waals surface area contributed by atoms with Gasteiger partial charge in [0, 0.05) is 31.0 Å². The molecule has 2 aliphatic heterocycles. The topological polar surface area (TPSA) is 38.8 Å². The van der Waals surface area contributed by atoms with E-state index in [2.05, 4.69) is 17.0 Å². The quantitative estimate of drug-likeness (QED) is 0.842. The van der Waals surface area contributed by atoms with Crippen LogP contribution in [0.25, 0.3) is 0 Å². The van der Waals surface area contributed by atoms with Crippen LogP contribution in [0.5, 0.6) is 11.5 Å². The molecule has 118 valence electrons. The second kappa shape index (κ2) is 5.27. The van der Waals surface area contributed by atoms with Gasteiger partial charge in [-0.25, -0.2) is 0 Å². The van der Waals surface area contributed by atoms with E-state index in [9.17, 15) is 4.79 Å². The first-order valence-electron chi connectivity index (χ1n) is 8.26. The first kappa shape index (κ1) is 14.1. The lowest BCUT2D eigenvalue weighted by Crippen LogP contribution is -2.51. The molecule has 1 saturated heterocycles. The van der Waals surface area contributed by atoms with E-state index in [0.29, 0.717) is 18.2 Å². The number of rotatable bonds is 2. The highest BCUT2D eigenvalue weighted by atomic mass is 16.5. The molecule has 2 fully saturated rings. The Morgan fingerprint density at radius 1 is 1.14 bits per heavy atom. The van der Waals surface area contributed by atoms with Crippen LogP contribution in [0.2, 0.25) is 0 Å². The number of ketones is 1. The Morgan fingerprint density at radius 2 is 1.91 bits per heavy atom. The molecule has 0 aromatic heterocycles. The molecule has 4 heteroatoms. The summed E-state index contributed by atoms with van der Waals surface area (Å²) in [5.74, 6) is 2.31. The van der Waals surface area contributed by atoms with Gasteiger partial charge in [0.15, 0.2) is 11.5 Å². The molecule has 4 rings (SSSR count). The van der Waals surface area contributed by atoms with Crippen molar-refractivity contribution in [3.05, 3.63) is 23.3 Å². The molecule has 0 bridgehead atoms. The number of benzene rings is 1. The molecular formula is C18H23NO3. The van der Waals surface area contributed by atoms with E-state index >= 15 is 0 Å². The Labute approximate surface area is 131 Å². The fourth-order valence-electron chi connectivity index (χ4n) is 4.73. The largest absolute Gasteiger partial charge is 0.493 e. The summed E-state index contributed by atoms with van der Waals surface area (Å²) >= 11 is 0. The highest BCUT2D eigenvalue weighted by molar-refractivity contribution is 5.84. The van der Waals surface area contributed by atoms with Gasteiger partial charge in [0.2, 0.25) is 0 Å². The van der Waals surface area contributed by atoms with Gasteiger partial charge in [-0.1, -0.05) is 6.42 Å². The van der Waals surface area contributed by atoms with Crippen LogP contribution in [-0.4, -0.2) is 37.5 Å². The van der Waals surface area contributed by atoms with Crippen molar-refractivity contribution in [2.75, 3.05) is 20.8 Å². The predicted molar refractivity (Wildman–Crippen MR) is 83.5 cm³/mol. The highest BCUT2D eigenvalue weighted by Gasteiger charge is 2.46. The Hall–Kier alpha value is -1.55. The summed E-state index contributed by atoms with van der Waals surface area (Å²) in [4.78, 5) is 15.1. The molecule has 3 aliphatic rings. The van der Waals surface area contributed by atoms with E-state index in [4.69, 9.17) is 9.47 Å². The fourth-order valence-corrected chi connectivity index (χ4v) is 4.73. The summed E-state index contributed by atoms with van der Waals surface area (Å²) in [5, 5.41) is 0. The number of carbonyl (C=O) groups is 1. The molecular weight excluding hydrogens is 278 g/mol. The minimum atomic E-state index is 0.232. The smallest absolute Gasteiger partial charge is 0.161 e. The Kier molecular flexibility index (Phi) is 3.37. The van der Waals surface area contributed by atoms with Crippen LogP contribution in [0, 0.1) is 5.92 Å². The van der Waals surface area contributed by atoms with Crippen molar-refractivity contribution in [1.82, 2.24) is 4.90 Å². The lowest BCUT2D eigenvalue weighted by atomic mass is 9.79. The fraction of sp³-hybridized carbons (Fsp3) is 0.611. The summed E-state index contributed by atoms with van der Waals surface area (Å²) in [7, 11) is 3.34. The molecule has 0 spiro atoms. The second-order valence-electron chi connectivity index (χ2n) is 6.68. The van der Waals surface area contributed by atoms with Gasteiger partial charge >= 0.3 is 0 Å². The van der Waals surface area contributed by atoms with Crippen LogP contribution in [0.3, 0.4) is 0 Å². The van der Waals surface area contributed by atoms with Gasteiger partial charge in [0.25, 0.3) is 0 Å². The van der Waals surface area contributed by atoms with Crippen LogP contribution in [0.4, 0.5) is 0 Å². The maximum atomic E-state index is 12.5. The Balaban J connectivity index is 1.75. The molecule has 1 aromatic rings. The zero-order valence-corrected chi connectivity index (χ0v) is 13.3. The van der Waals surface area contributed by atoms with Crippen molar-refractivity contribution in [3.8, 4) is 11.5 Å². The van der Waals surface area contributed by atoms with E-state index in [1.807, 2.05) is 0 Å². The lowest BCUT2D eigenvalue weighted by molar-refractivity contribution is -0.131. The molecule has 3 atom stereocenters. The number of carbonyl (C=O) groups excluding carboxylic acids is 1. The standard InChI is InChI=1S/C18H23NO3/c1-21-17-8-11-6-7-19-14-5-3-4-12(14)16(20)10-15(19)13(11)9-18(17)22-2/h8-9,12,14-15H,3-7,10H2,1-2H3. The molecule has 0 amide bonds. The normalized spacial score (nSPS) is 30.5. The molecule has 1 saturated carbocycles. The van der Waals surface area contributed by atoms with E-state index in [1.54, 1.807) is 14.2 Å². The van der Waals surface area contributed by atoms with Gasteiger partial charge in [-0.05, 0) is 42.5 Å². The van der Waals surface area contributed by atoms with Crippen LogP contribution in [0.15, 0.2) is 12.1 Å². The average molecular weight is 301 g/mol. The maximum absolute atomic E-state index is 12.5. The number of ether oxygens (including phenoxy) is 2. The predicted octanol–water partition coefficient (Wildman–Crippen LogP) is 2.74. The third-order valence-corrected chi connectivity index (χ3v) is 5.76. The number of hydrogen-bond acceptors (Lipinski definition) is 4. The molecule has 4 nitrogen and oxygen atoms in total.